The number of phenolic OH excluding ortho intramolecular Hbond substituents is 1. The molecule has 3 aromatic rings. The van der Waals surface area contributed by atoms with Gasteiger partial charge >= 0.3 is 5.97 Å². The second-order valence-corrected chi connectivity index (χ2v) is 9.74. The Morgan fingerprint density at radius 2 is 1.66 bits per heavy atom. The van der Waals surface area contributed by atoms with E-state index >= 15 is 0 Å². The molecule has 5 rings (SSSR count). The van der Waals surface area contributed by atoms with Gasteiger partial charge in [0.1, 0.15) is 12.4 Å². The monoisotopic (exact) mass is 480 g/mol. The molecule has 0 radical (unpaired) electrons. The molecule has 1 atom stereocenters. The molecule has 186 valence electrons. The molecule has 0 spiro atoms. The van der Waals surface area contributed by atoms with E-state index in [1.807, 2.05) is 0 Å². The number of rotatable bonds is 5. The molecule has 0 saturated carbocycles. The quantitative estimate of drug-likeness (QED) is 0.329. The highest BCUT2D eigenvalue weighted by Crippen LogP contribution is 2.35. The van der Waals surface area contributed by atoms with Crippen molar-refractivity contribution in [2.75, 3.05) is 13.2 Å². The van der Waals surface area contributed by atoms with Crippen LogP contribution in [0.4, 0.5) is 0 Å². The molecule has 0 fully saturated rings. The molecule has 8 nitrogen and oxygen atoms in total. The van der Waals surface area contributed by atoms with Crippen molar-refractivity contribution < 1.29 is 25.2 Å². The van der Waals surface area contributed by atoms with E-state index in [1.165, 1.54) is 60.1 Å². The van der Waals surface area contributed by atoms with Crippen molar-refractivity contribution in [3.05, 3.63) is 74.6 Å². The van der Waals surface area contributed by atoms with Crippen molar-refractivity contribution in [2.24, 2.45) is 0 Å². The van der Waals surface area contributed by atoms with Gasteiger partial charge < -0.3 is 30.7 Å². The molecule has 0 unspecified atom stereocenters. The Bertz CT molecular complexity index is 1260. The first-order valence-corrected chi connectivity index (χ1v) is 11.9. The zero-order valence-electron chi connectivity index (χ0n) is 19.8. The highest BCUT2D eigenvalue weighted by molar-refractivity contribution is 5.87. The van der Waals surface area contributed by atoms with Gasteiger partial charge in [-0.25, -0.2) is 4.79 Å². The molecule has 0 bridgehead atoms. The number of nitrogens with one attached hydrogen (secondary N) is 2. The minimum Gasteiger partial charge on any atom is -0.506 e. The van der Waals surface area contributed by atoms with E-state index in [2.05, 4.69) is 29.4 Å². The number of aryl methyl sites for hydroxylation is 2. The van der Waals surface area contributed by atoms with Crippen LogP contribution in [0.3, 0.4) is 0 Å². The molecule has 6 N–H and O–H groups in total. The number of phenols is 1. The Morgan fingerprint density at radius 3 is 2.23 bits per heavy atom. The van der Waals surface area contributed by atoms with Crippen molar-refractivity contribution in [3.63, 3.8) is 0 Å². The number of H-pyrrole nitrogens is 1. The minimum atomic E-state index is -1.19. The van der Waals surface area contributed by atoms with Crippen LogP contribution in [-0.2, 0) is 30.5 Å². The topological polar surface area (TPSA) is 143 Å². The summed E-state index contributed by atoms with van der Waals surface area (Å²) in [5.74, 6) is -1.18. The summed E-state index contributed by atoms with van der Waals surface area (Å²) in [6.45, 7) is 1.86. The van der Waals surface area contributed by atoms with E-state index < -0.39 is 18.7 Å². The second kappa shape index (κ2) is 10.2. The second-order valence-electron chi connectivity index (χ2n) is 9.74. The fourth-order valence-electron chi connectivity index (χ4n) is 5.25. The Kier molecular flexibility index (Phi) is 7.25. The average molecular weight is 481 g/mol. The van der Waals surface area contributed by atoms with Crippen molar-refractivity contribution >= 4 is 16.9 Å². The molecule has 8 heteroatoms. The fraction of sp³-hybridized carbons (Fsp3) is 0.407. The standard InChI is InChI=1S/C25H28N2O3.C2H4O3/c1-25(12-17-10-15-4-2-3-5-16(15)11-18(17)13-25)26-14-22(29)19-6-8-21(28)24-20(19)7-9-23(30)27-24;3-1-2(4)5/h6-11,22,26,28-29H,2-5,12-14H2,1H3,(H,27,30);3H,1H2,(H,4,5)/t22-;/m0./s1. The van der Waals surface area contributed by atoms with E-state index in [1.54, 1.807) is 12.1 Å². The first kappa shape index (κ1) is 24.9. The van der Waals surface area contributed by atoms with Gasteiger partial charge in [-0.3, -0.25) is 4.79 Å². The van der Waals surface area contributed by atoms with Gasteiger partial charge in [0.25, 0.3) is 0 Å². The SMILES string of the molecule is CC1(NC[C@H](O)c2ccc(O)c3[nH]c(=O)ccc23)Cc2cc3c(cc2C1)CCCC3.O=C(O)CO. The maximum atomic E-state index is 11.6. The number of carbonyl (C=O) groups is 1. The lowest BCUT2D eigenvalue weighted by atomic mass is 9.89. The van der Waals surface area contributed by atoms with Crippen LogP contribution >= 0.6 is 0 Å². The number of hydrogen-bond acceptors (Lipinski definition) is 6. The number of β-amino-alcohol motifs (C(OH)–C–C–N with tert-alkyl or cyclic N) is 1. The number of benzene rings is 2. The predicted molar refractivity (Wildman–Crippen MR) is 133 cm³/mol. The van der Waals surface area contributed by atoms with Crippen LogP contribution in [0.1, 0.15) is 53.7 Å². The molecular formula is C27H32N2O6. The molecule has 1 heterocycles. The molecule has 0 saturated heterocycles. The molecule has 2 aliphatic rings. The van der Waals surface area contributed by atoms with Crippen LogP contribution in [0.15, 0.2) is 41.2 Å². The van der Waals surface area contributed by atoms with Crippen LogP contribution in [-0.4, -0.2) is 50.1 Å². The first-order chi connectivity index (χ1) is 16.7. The van der Waals surface area contributed by atoms with E-state index in [4.69, 9.17) is 15.0 Å². The first-order valence-electron chi connectivity index (χ1n) is 11.9. The molecule has 1 aromatic heterocycles. The number of pyridine rings is 1. The average Bonchev–Trinajstić information content (AvgIpc) is 3.17. The van der Waals surface area contributed by atoms with Crippen LogP contribution in [0.2, 0.25) is 0 Å². The lowest BCUT2D eigenvalue weighted by Gasteiger charge is -2.27. The highest BCUT2D eigenvalue weighted by Gasteiger charge is 2.34. The molecular weight excluding hydrogens is 448 g/mol. The number of carboxylic acids is 1. The van der Waals surface area contributed by atoms with Crippen molar-refractivity contribution in [3.8, 4) is 5.75 Å². The summed E-state index contributed by atoms with van der Waals surface area (Å²) in [5, 5.41) is 40.3. The third-order valence-electron chi connectivity index (χ3n) is 6.95. The largest absolute Gasteiger partial charge is 0.506 e. The summed E-state index contributed by atoms with van der Waals surface area (Å²) < 4.78 is 0. The maximum absolute atomic E-state index is 11.6. The lowest BCUT2D eigenvalue weighted by molar-refractivity contribution is -0.140. The third-order valence-corrected chi connectivity index (χ3v) is 6.95. The van der Waals surface area contributed by atoms with E-state index in [0.717, 1.165) is 12.8 Å². The molecule has 0 aliphatic heterocycles. The van der Waals surface area contributed by atoms with Crippen molar-refractivity contribution in [1.82, 2.24) is 10.3 Å². The van der Waals surface area contributed by atoms with Crippen LogP contribution in [0, 0.1) is 0 Å². The number of aliphatic hydroxyl groups is 2. The smallest absolute Gasteiger partial charge is 0.329 e. The molecule has 0 amide bonds. The normalized spacial score (nSPS) is 16.7. The summed E-state index contributed by atoms with van der Waals surface area (Å²) in [5.41, 5.74) is 6.61. The zero-order valence-corrected chi connectivity index (χ0v) is 19.8. The van der Waals surface area contributed by atoms with Crippen molar-refractivity contribution in [1.29, 1.82) is 0 Å². The van der Waals surface area contributed by atoms with E-state index in [-0.39, 0.29) is 16.8 Å². The third kappa shape index (κ3) is 5.56. The van der Waals surface area contributed by atoms with Gasteiger partial charge in [0, 0.05) is 23.5 Å². The van der Waals surface area contributed by atoms with Gasteiger partial charge in [-0.1, -0.05) is 18.2 Å². The van der Waals surface area contributed by atoms with Crippen LogP contribution < -0.4 is 10.9 Å². The van der Waals surface area contributed by atoms with Gasteiger partial charge in [-0.2, -0.15) is 0 Å². The van der Waals surface area contributed by atoms with Gasteiger partial charge in [-0.15, -0.1) is 0 Å². The molecule has 2 aromatic carbocycles. The molecule has 2 aliphatic carbocycles. The number of carboxylic acid groups (broad SMARTS) is 1. The molecule has 35 heavy (non-hydrogen) atoms. The van der Waals surface area contributed by atoms with Crippen molar-refractivity contribution in [2.45, 2.75) is 57.1 Å². The van der Waals surface area contributed by atoms with Gasteiger partial charge in [0.2, 0.25) is 5.56 Å². The van der Waals surface area contributed by atoms with Crippen LogP contribution in [0.25, 0.3) is 10.9 Å². The van der Waals surface area contributed by atoms with E-state index in [0.29, 0.717) is 23.0 Å². The van der Waals surface area contributed by atoms with Gasteiger partial charge in [0.15, 0.2) is 0 Å². The Hall–Kier alpha value is -3.20. The van der Waals surface area contributed by atoms with Gasteiger partial charge in [0.05, 0.1) is 11.6 Å². The van der Waals surface area contributed by atoms with Crippen LogP contribution in [0.5, 0.6) is 5.75 Å². The van der Waals surface area contributed by atoms with E-state index in [9.17, 15) is 15.0 Å². The fourth-order valence-corrected chi connectivity index (χ4v) is 5.25. The number of aliphatic carboxylic acids is 1. The Morgan fingerprint density at radius 1 is 1.06 bits per heavy atom. The summed E-state index contributed by atoms with van der Waals surface area (Å²) in [6.07, 6.45) is 6.16. The maximum Gasteiger partial charge on any atom is 0.329 e. The summed E-state index contributed by atoms with van der Waals surface area (Å²) in [6, 6.07) is 11.1. The highest BCUT2D eigenvalue weighted by atomic mass is 16.4. The summed E-state index contributed by atoms with van der Waals surface area (Å²) in [7, 11) is 0. The lowest BCUT2D eigenvalue weighted by Crippen LogP contribution is -2.45. The number of fused-ring (bicyclic) bond motifs is 3. The number of aromatic amines is 1. The number of aliphatic hydroxyl groups excluding tert-OH is 2. The zero-order chi connectivity index (χ0) is 25.2. The summed E-state index contributed by atoms with van der Waals surface area (Å²) >= 11 is 0. The number of hydrogen-bond donors (Lipinski definition) is 6. The number of aromatic nitrogens is 1. The summed E-state index contributed by atoms with van der Waals surface area (Å²) in [4.78, 5) is 23.4. The predicted octanol–water partition coefficient (Wildman–Crippen LogP) is 2.36. The Balaban J connectivity index is 0.000000527. The number of aromatic hydroxyl groups is 1. The minimum absolute atomic E-state index is 0.00813. The van der Waals surface area contributed by atoms with Gasteiger partial charge in [-0.05, 0) is 85.4 Å². The Labute approximate surface area is 203 Å².